The highest BCUT2D eigenvalue weighted by Gasteiger charge is 2.09. The molecule has 108 valence electrons. The first-order valence-electron chi connectivity index (χ1n) is 6.71. The van der Waals surface area contributed by atoms with Gasteiger partial charge < -0.3 is 16.2 Å². The number of nitrogen functional groups attached to an aromatic ring is 2. The highest BCUT2D eigenvalue weighted by molar-refractivity contribution is 5.67. The SMILES string of the molecule is CCCOCCCn1nnnc1-c1cc(N)cc(N)c1. The Morgan fingerprint density at radius 3 is 2.60 bits per heavy atom. The summed E-state index contributed by atoms with van der Waals surface area (Å²) in [6.07, 6.45) is 1.88. The molecule has 0 bridgehead atoms. The summed E-state index contributed by atoms with van der Waals surface area (Å²) in [6, 6.07) is 5.33. The highest BCUT2D eigenvalue weighted by Crippen LogP contribution is 2.22. The molecule has 0 saturated heterocycles. The zero-order valence-electron chi connectivity index (χ0n) is 11.6. The maximum atomic E-state index is 5.79. The number of hydrogen-bond donors (Lipinski definition) is 2. The summed E-state index contributed by atoms with van der Waals surface area (Å²) < 4.78 is 7.18. The molecular formula is C13H20N6O. The third-order valence-electron chi connectivity index (χ3n) is 2.77. The maximum Gasteiger partial charge on any atom is 0.182 e. The van der Waals surface area contributed by atoms with Gasteiger partial charge in [-0.05, 0) is 41.5 Å². The van der Waals surface area contributed by atoms with Crippen LogP contribution in [0, 0.1) is 0 Å². The Morgan fingerprint density at radius 2 is 1.90 bits per heavy atom. The summed E-state index contributed by atoms with van der Waals surface area (Å²) in [6.45, 7) is 4.27. The van der Waals surface area contributed by atoms with Crippen LogP contribution >= 0.6 is 0 Å². The first-order chi connectivity index (χ1) is 9.70. The molecule has 2 aromatic rings. The molecule has 1 aromatic carbocycles. The zero-order valence-corrected chi connectivity index (χ0v) is 11.6. The minimum absolute atomic E-state index is 0.598. The van der Waals surface area contributed by atoms with Gasteiger partial charge >= 0.3 is 0 Å². The van der Waals surface area contributed by atoms with Gasteiger partial charge in [0.2, 0.25) is 0 Å². The van der Waals surface area contributed by atoms with Gasteiger partial charge in [-0.3, -0.25) is 0 Å². The summed E-state index contributed by atoms with van der Waals surface area (Å²) in [5.74, 6) is 0.666. The van der Waals surface area contributed by atoms with Gasteiger partial charge in [0.05, 0.1) is 0 Å². The van der Waals surface area contributed by atoms with Gasteiger partial charge in [0.25, 0.3) is 0 Å². The van der Waals surface area contributed by atoms with Crippen LogP contribution < -0.4 is 11.5 Å². The van der Waals surface area contributed by atoms with Crippen molar-refractivity contribution in [3.63, 3.8) is 0 Å². The number of nitrogens with two attached hydrogens (primary N) is 2. The Morgan fingerprint density at radius 1 is 1.15 bits per heavy atom. The van der Waals surface area contributed by atoms with Gasteiger partial charge in [-0.2, -0.15) is 0 Å². The molecule has 0 spiro atoms. The topological polar surface area (TPSA) is 105 Å². The largest absolute Gasteiger partial charge is 0.399 e. The average molecular weight is 276 g/mol. The number of tetrazole rings is 1. The monoisotopic (exact) mass is 276 g/mol. The molecule has 7 nitrogen and oxygen atoms in total. The Labute approximate surface area is 117 Å². The van der Waals surface area contributed by atoms with E-state index in [1.165, 1.54) is 0 Å². The van der Waals surface area contributed by atoms with Crippen molar-refractivity contribution in [1.29, 1.82) is 0 Å². The molecule has 0 saturated carbocycles. The van der Waals surface area contributed by atoms with Crippen LogP contribution in [0.5, 0.6) is 0 Å². The van der Waals surface area contributed by atoms with Gasteiger partial charge in [-0.15, -0.1) is 5.10 Å². The van der Waals surface area contributed by atoms with Crippen LogP contribution in [0.2, 0.25) is 0 Å². The van der Waals surface area contributed by atoms with Gasteiger partial charge in [0.1, 0.15) is 0 Å². The molecule has 4 N–H and O–H groups in total. The Bertz CT molecular complexity index is 533. The van der Waals surface area contributed by atoms with Crippen LogP contribution in [0.15, 0.2) is 18.2 Å². The van der Waals surface area contributed by atoms with Crippen LogP contribution in [0.4, 0.5) is 11.4 Å². The average Bonchev–Trinajstić information content (AvgIpc) is 2.86. The quantitative estimate of drug-likeness (QED) is 0.583. The highest BCUT2D eigenvalue weighted by atomic mass is 16.5. The first kappa shape index (κ1) is 14.3. The van der Waals surface area contributed by atoms with E-state index in [1.54, 1.807) is 10.7 Å². The lowest BCUT2D eigenvalue weighted by Crippen LogP contribution is -2.07. The van der Waals surface area contributed by atoms with Crippen molar-refractivity contribution >= 4 is 11.4 Å². The van der Waals surface area contributed by atoms with E-state index in [9.17, 15) is 0 Å². The Kier molecular flexibility index (Phi) is 4.89. The Balaban J connectivity index is 2.04. The molecule has 0 aliphatic rings. The molecule has 0 amide bonds. The van der Waals surface area contributed by atoms with Crippen LogP contribution in [0.25, 0.3) is 11.4 Å². The molecule has 0 fully saturated rings. The van der Waals surface area contributed by atoms with E-state index < -0.39 is 0 Å². The molecule has 1 aromatic heterocycles. The lowest BCUT2D eigenvalue weighted by Gasteiger charge is -2.07. The number of nitrogens with zero attached hydrogens (tertiary/aromatic N) is 4. The van der Waals surface area contributed by atoms with Gasteiger partial charge in [-0.25, -0.2) is 4.68 Å². The number of rotatable bonds is 7. The number of benzene rings is 1. The van der Waals surface area contributed by atoms with Crippen molar-refractivity contribution in [2.45, 2.75) is 26.3 Å². The third-order valence-corrected chi connectivity index (χ3v) is 2.77. The van der Waals surface area contributed by atoms with Crippen molar-refractivity contribution in [3.8, 4) is 11.4 Å². The van der Waals surface area contributed by atoms with Crippen LogP contribution in [0.3, 0.4) is 0 Å². The summed E-state index contributed by atoms with van der Waals surface area (Å²) in [4.78, 5) is 0. The number of hydrogen-bond acceptors (Lipinski definition) is 6. The third kappa shape index (κ3) is 3.67. The molecule has 7 heteroatoms. The van der Waals surface area contributed by atoms with Crippen LogP contribution in [0.1, 0.15) is 19.8 Å². The number of aromatic nitrogens is 4. The zero-order chi connectivity index (χ0) is 14.4. The van der Waals surface area contributed by atoms with Gasteiger partial charge in [-0.1, -0.05) is 6.92 Å². The molecule has 0 aliphatic heterocycles. The van der Waals surface area contributed by atoms with Crippen molar-refractivity contribution in [1.82, 2.24) is 20.2 Å². The van der Waals surface area contributed by atoms with Crippen molar-refractivity contribution in [2.75, 3.05) is 24.7 Å². The predicted octanol–water partition coefficient (Wildman–Crippen LogP) is 1.32. The Hall–Kier alpha value is -2.15. The molecule has 20 heavy (non-hydrogen) atoms. The van der Waals surface area contributed by atoms with Crippen molar-refractivity contribution in [2.24, 2.45) is 0 Å². The van der Waals surface area contributed by atoms with Gasteiger partial charge in [0.15, 0.2) is 5.82 Å². The summed E-state index contributed by atoms with van der Waals surface area (Å²) in [7, 11) is 0. The van der Waals surface area contributed by atoms with Gasteiger partial charge in [0, 0.05) is 36.7 Å². The van der Waals surface area contributed by atoms with Crippen molar-refractivity contribution < 1.29 is 4.74 Å². The molecule has 0 unspecified atom stereocenters. The molecule has 0 atom stereocenters. The second-order valence-electron chi connectivity index (χ2n) is 4.58. The molecule has 2 rings (SSSR count). The fraction of sp³-hybridized carbons (Fsp3) is 0.462. The van der Waals surface area contributed by atoms with E-state index in [4.69, 9.17) is 16.2 Å². The van der Waals surface area contributed by atoms with E-state index in [0.29, 0.717) is 30.4 Å². The predicted molar refractivity (Wildman–Crippen MR) is 77.8 cm³/mol. The van der Waals surface area contributed by atoms with E-state index in [2.05, 4.69) is 22.4 Å². The first-order valence-corrected chi connectivity index (χ1v) is 6.71. The maximum absolute atomic E-state index is 5.79. The number of aryl methyl sites for hydroxylation is 1. The fourth-order valence-electron chi connectivity index (χ4n) is 1.93. The normalized spacial score (nSPS) is 10.8. The summed E-state index contributed by atoms with van der Waals surface area (Å²) in [5, 5.41) is 11.7. The second-order valence-corrected chi connectivity index (χ2v) is 4.58. The van der Waals surface area contributed by atoms with E-state index in [1.807, 2.05) is 12.1 Å². The van der Waals surface area contributed by atoms with E-state index in [-0.39, 0.29) is 0 Å². The van der Waals surface area contributed by atoms with Crippen LogP contribution in [-0.2, 0) is 11.3 Å². The standard InChI is InChI=1S/C13H20N6O/c1-2-5-20-6-3-4-19-13(16-17-18-19)10-7-11(14)9-12(15)8-10/h7-9H,2-6,14-15H2,1H3. The van der Waals surface area contributed by atoms with E-state index >= 15 is 0 Å². The number of anilines is 2. The smallest absolute Gasteiger partial charge is 0.182 e. The molecular weight excluding hydrogens is 256 g/mol. The summed E-state index contributed by atoms with van der Waals surface area (Å²) in [5.41, 5.74) is 13.6. The lowest BCUT2D eigenvalue weighted by molar-refractivity contribution is 0.128. The van der Waals surface area contributed by atoms with E-state index in [0.717, 1.165) is 25.0 Å². The summed E-state index contributed by atoms with van der Waals surface area (Å²) >= 11 is 0. The minimum Gasteiger partial charge on any atom is -0.399 e. The second kappa shape index (κ2) is 6.85. The van der Waals surface area contributed by atoms with Crippen molar-refractivity contribution in [3.05, 3.63) is 18.2 Å². The van der Waals surface area contributed by atoms with Crippen LogP contribution in [-0.4, -0.2) is 33.4 Å². The molecule has 1 heterocycles. The minimum atomic E-state index is 0.598. The molecule has 0 radical (unpaired) electrons. The lowest BCUT2D eigenvalue weighted by atomic mass is 10.1. The fourth-order valence-corrected chi connectivity index (χ4v) is 1.93. The molecule has 0 aliphatic carbocycles. The number of ether oxygens (including phenoxy) is 1.